The van der Waals surface area contributed by atoms with Crippen LogP contribution in [0.4, 0.5) is 0 Å². The van der Waals surface area contributed by atoms with Crippen LogP contribution in [0.5, 0.6) is 5.75 Å². The van der Waals surface area contributed by atoms with E-state index in [1.807, 2.05) is 45.0 Å². The normalized spacial score (nSPS) is 11.1. The summed E-state index contributed by atoms with van der Waals surface area (Å²) in [5.41, 5.74) is 0.856. The van der Waals surface area contributed by atoms with Crippen molar-refractivity contribution in [3.63, 3.8) is 0 Å². The molecule has 0 heterocycles. The van der Waals surface area contributed by atoms with Crippen LogP contribution in [0.1, 0.15) is 32.8 Å². The van der Waals surface area contributed by atoms with Gasteiger partial charge in [-0.3, -0.25) is 4.79 Å². The van der Waals surface area contributed by atoms with E-state index in [-0.39, 0.29) is 17.6 Å². The molecule has 21 heavy (non-hydrogen) atoms. The van der Waals surface area contributed by atoms with Crippen LogP contribution >= 0.6 is 15.9 Å². The Morgan fingerprint density at radius 3 is 2.76 bits per heavy atom. The zero-order valence-electron chi connectivity index (χ0n) is 12.4. The number of nitrogens with one attached hydrogen (secondary N) is 1. The first-order valence-electron chi connectivity index (χ1n) is 6.84. The molecule has 112 valence electrons. The van der Waals surface area contributed by atoms with E-state index in [0.717, 1.165) is 22.2 Å². The number of nitriles is 1. The molecule has 0 saturated heterocycles. The third kappa shape index (κ3) is 5.60. The molecule has 0 spiro atoms. The Kier molecular flexibility index (Phi) is 6.97. The molecule has 4 nitrogen and oxygen atoms in total. The summed E-state index contributed by atoms with van der Waals surface area (Å²) >= 11 is 3.43. The molecule has 0 aromatic heterocycles. The van der Waals surface area contributed by atoms with Crippen LogP contribution < -0.4 is 10.1 Å². The predicted molar refractivity (Wildman–Crippen MR) is 86.8 cm³/mol. The van der Waals surface area contributed by atoms with Gasteiger partial charge in [0.15, 0.2) is 0 Å². The van der Waals surface area contributed by atoms with Gasteiger partial charge in [0.1, 0.15) is 17.4 Å². The summed E-state index contributed by atoms with van der Waals surface area (Å²) in [7, 11) is 0. The Balaban J connectivity index is 2.94. The highest BCUT2D eigenvalue weighted by Crippen LogP contribution is 2.27. The monoisotopic (exact) mass is 350 g/mol. The van der Waals surface area contributed by atoms with E-state index >= 15 is 0 Å². The smallest absolute Gasteiger partial charge is 0.261 e. The molecule has 1 N–H and O–H groups in total. The second-order valence-electron chi connectivity index (χ2n) is 4.78. The van der Waals surface area contributed by atoms with Gasteiger partial charge in [-0.2, -0.15) is 5.26 Å². The second kappa shape index (κ2) is 8.48. The van der Waals surface area contributed by atoms with E-state index in [0.29, 0.717) is 6.54 Å². The summed E-state index contributed by atoms with van der Waals surface area (Å²) in [5, 5.41) is 11.8. The molecule has 0 aliphatic heterocycles. The molecular formula is C16H19BrN2O2. The first-order chi connectivity index (χ1) is 9.97. The van der Waals surface area contributed by atoms with Crippen molar-refractivity contribution in [1.82, 2.24) is 5.32 Å². The lowest BCUT2D eigenvalue weighted by Gasteiger charge is -2.11. The average molecular weight is 351 g/mol. The van der Waals surface area contributed by atoms with E-state index in [9.17, 15) is 4.79 Å². The van der Waals surface area contributed by atoms with E-state index in [1.165, 1.54) is 0 Å². The molecule has 1 aromatic carbocycles. The van der Waals surface area contributed by atoms with Gasteiger partial charge in [0.25, 0.3) is 5.91 Å². The van der Waals surface area contributed by atoms with Crippen LogP contribution in [0.2, 0.25) is 0 Å². The number of halogens is 1. The first kappa shape index (κ1) is 17.3. The zero-order chi connectivity index (χ0) is 15.8. The van der Waals surface area contributed by atoms with E-state index < -0.39 is 0 Å². The highest BCUT2D eigenvalue weighted by molar-refractivity contribution is 9.10. The van der Waals surface area contributed by atoms with Gasteiger partial charge >= 0.3 is 0 Å². The van der Waals surface area contributed by atoms with Crippen molar-refractivity contribution in [1.29, 1.82) is 5.26 Å². The Hall–Kier alpha value is -1.80. The number of ether oxygens (including phenoxy) is 1. The van der Waals surface area contributed by atoms with Crippen molar-refractivity contribution in [2.75, 3.05) is 6.54 Å². The minimum Gasteiger partial charge on any atom is -0.490 e. The molecule has 1 rings (SSSR count). The van der Waals surface area contributed by atoms with E-state index in [2.05, 4.69) is 21.2 Å². The van der Waals surface area contributed by atoms with Crippen molar-refractivity contribution < 1.29 is 9.53 Å². The van der Waals surface area contributed by atoms with Crippen molar-refractivity contribution in [2.24, 2.45) is 0 Å². The lowest BCUT2D eigenvalue weighted by Crippen LogP contribution is -2.25. The maximum Gasteiger partial charge on any atom is 0.261 e. The Morgan fingerprint density at radius 2 is 2.24 bits per heavy atom. The van der Waals surface area contributed by atoms with Crippen LogP contribution in [0.3, 0.4) is 0 Å². The van der Waals surface area contributed by atoms with Crippen LogP contribution in [-0.4, -0.2) is 18.6 Å². The lowest BCUT2D eigenvalue weighted by atomic mass is 10.1. The topological polar surface area (TPSA) is 62.1 Å². The number of benzene rings is 1. The molecule has 0 radical (unpaired) electrons. The number of carbonyl (C=O) groups excluding carboxylic acids is 1. The molecule has 5 heteroatoms. The van der Waals surface area contributed by atoms with Crippen LogP contribution in [0.25, 0.3) is 6.08 Å². The highest BCUT2D eigenvalue weighted by Gasteiger charge is 2.09. The van der Waals surface area contributed by atoms with Gasteiger partial charge in [-0.15, -0.1) is 0 Å². The minimum atomic E-state index is -0.349. The summed E-state index contributed by atoms with van der Waals surface area (Å²) in [5.74, 6) is 0.383. The zero-order valence-corrected chi connectivity index (χ0v) is 14.0. The number of hydrogen-bond acceptors (Lipinski definition) is 3. The molecule has 1 aromatic rings. The summed E-state index contributed by atoms with van der Waals surface area (Å²) in [4.78, 5) is 11.8. The van der Waals surface area contributed by atoms with Gasteiger partial charge in [0.2, 0.25) is 0 Å². The average Bonchev–Trinajstić information content (AvgIpc) is 2.44. The Morgan fingerprint density at radius 1 is 1.52 bits per heavy atom. The number of nitrogens with zero attached hydrogens (tertiary/aromatic N) is 1. The fourth-order valence-electron chi connectivity index (χ4n) is 1.61. The summed E-state index contributed by atoms with van der Waals surface area (Å²) in [6, 6.07) is 7.38. The van der Waals surface area contributed by atoms with Gasteiger partial charge in [-0.05, 0) is 60.0 Å². The quantitative estimate of drug-likeness (QED) is 0.628. The molecule has 0 unspecified atom stereocenters. The number of hydrogen-bond donors (Lipinski definition) is 1. The van der Waals surface area contributed by atoms with Crippen LogP contribution in [-0.2, 0) is 4.79 Å². The predicted octanol–water partition coefficient (Wildman–Crippen LogP) is 3.67. The van der Waals surface area contributed by atoms with E-state index in [1.54, 1.807) is 6.08 Å². The summed E-state index contributed by atoms with van der Waals surface area (Å²) in [6.07, 6.45) is 2.48. The fraction of sp³-hybridized carbons (Fsp3) is 0.375. The highest BCUT2D eigenvalue weighted by atomic mass is 79.9. The third-order valence-corrected chi connectivity index (χ3v) is 3.15. The Labute approximate surface area is 133 Å². The number of amides is 1. The molecule has 0 atom stereocenters. The molecule has 0 aliphatic carbocycles. The lowest BCUT2D eigenvalue weighted by molar-refractivity contribution is -0.117. The summed E-state index contributed by atoms with van der Waals surface area (Å²) < 4.78 is 6.41. The van der Waals surface area contributed by atoms with Gasteiger partial charge in [-0.25, -0.2) is 0 Å². The maximum absolute atomic E-state index is 11.8. The molecule has 0 saturated carbocycles. The molecule has 0 bridgehead atoms. The van der Waals surface area contributed by atoms with Crippen molar-refractivity contribution >= 4 is 27.9 Å². The van der Waals surface area contributed by atoms with Crippen molar-refractivity contribution in [2.45, 2.75) is 33.3 Å². The second-order valence-corrected chi connectivity index (χ2v) is 5.64. The van der Waals surface area contributed by atoms with Gasteiger partial charge in [0, 0.05) is 6.54 Å². The summed E-state index contributed by atoms with van der Waals surface area (Å²) in [6.45, 7) is 6.42. The number of rotatable bonds is 6. The molecule has 1 amide bonds. The van der Waals surface area contributed by atoms with Gasteiger partial charge < -0.3 is 10.1 Å². The minimum absolute atomic E-state index is 0.0807. The van der Waals surface area contributed by atoms with Crippen molar-refractivity contribution in [3.8, 4) is 11.8 Å². The maximum atomic E-state index is 11.8. The van der Waals surface area contributed by atoms with Gasteiger partial charge in [-0.1, -0.05) is 13.0 Å². The largest absolute Gasteiger partial charge is 0.490 e. The third-order valence-electron chi connectivity index (χ3n) is 2.53. The SMILES string of the molecule is CCCNC(=O)/C(C#N)=C/c1ccc(OC(C)C)c(Br)c1. The molecule has 0 aliphatic rings. The molecule has 0 fully saturated rings. The molecular weight excluding hydrogens is 332 g/mol. The number of carbonyl (C=O) groups is 1. The van der Waals surface area contributed by atoms with Gasteiger partial charge in [0.05, 0.1) is 10.6 Å². The standard InChI is InChI=1S/C16H19BrN2O2/c1-4-7-19-16(20)13(10-18)8-12-5-6-15(14(17)9-12)21-11(2)3/h5-6,8-9,11H,4,7H2,1-3H3,(H,19,20)/b13-8+. The fourth-order valence-corrected chi connectivity index (χ4v) is 2.10. The first-order valence-corrected chi connectivity index (χ1v) is 7.63. The van der Waals surface area contributed by atoms with Crippen LogP contribution in [0, 0.1) is 11.3 Å². The van der Waals surface area contributed by atoms with Crippen molar-refractivity contribution in [3.05, 3.63) is 33.8 Å². The van der Waals surface area contributed by atoms with Crippen LogP contribution in [0.15, 0.2) is 28.2 Å². The van der Waals surface area contributed by atoms with E-state index in [4.69, 9.17) is 10.00 Å². The Bertz CT molecular complexity index is 574.